The van der Waals surface area contributed by atoms with Crippen molar-refractivity contribution in [2.45, 2.75) is 18.7 Å². The van der Waals surface area contributed by atoms with E-state index in [0.717, 1.165) is 5.56 Å². The molecule has 2 aromatic rings. The van der Waals surface area contributed by atoms with Crippen molar-refractivity contribution < 1.29 is 17.9 Å². The van der Waals surface area contributed by atoms with E-state index in [-0.39, 0.29) is 16.5 Å². The summed E-state index contributed by atoms with van der Waals surface area (Å²) in [5.74, 6) is -0.448. The SMILES string of the molecule is CCN(CC)S(=O)(=O)c1cccc(C2=NC(=Cc3ccsc3)C(=O)O2)c1. The van der Waals surface area contributed by atoms with Gasteiger partial charge in [-0.2, -0.15) is 15.6 Å². The number of benzene rings is 1. The summed E-state index contributed by atoms with van der Waals surface area (Å²) in [4.78, 5) is 16.4. The van der Waals surface area contributed by atoms with Crippen molar-refractivity contribution in [2.75, 3.05) is 13.1 Å². The van der Waals surface area contributed by atoms with Crippen LogP contribution in [0.2, 0.25) is 0 Å². The smallest absolute Gasteiger partial charge is 0.363 e. The minimum atomic E-state index is -3.60. The lowest BCUT2D eigenvalue weighted by Crippen LogP contribution is -2.30. The largest absolute Gasteiger partial charge is 0.402 e. The van der Waals surface area contributed by atoms with Crippen LogP contribution in [-0.2, 0) is 19.6 Å². The molecule has 3 rings (SSSR count). The van der Waals surface area contributed by atoms with Gasteiger partial charge in [-0.3, -0.25) is 0 Å². The molecule has 1 aromatic heterocycles. The minimum absolute atomic E-state index is 0.105. The van der Waals surface area contributed by atoms with Crippen molar-refractivity contribution in [3.05, 3.63) is 57.9 Å². The molecule has 136 valence electrons. The zero-order valence-electron chi connectivity index (χ0n) is 14.4. The predicted octanol–water partition coefficient (Wildman–Crippen LogP) is 3.12. The number of cyclic esters (lactones) is 1. The standard InChI is InChI=1S/C18H18N2O4S2/c1-3-20(4-2)26(22,23)15-7-5-6-14(11-15)17-19-16(18(21)24-17)10-13-8-9-25-12-13/h5-12H,3-4H2,1-2H3. The Hall–Kier alpha value is -2.29. The molecule has 0 saturated carbocycles. The average molecular weight is 390 g/mol. The van der Waals surface area contributed by atoms with Gasteiger partial charge in [-0.15, -0.1) is 0 Å². The minimum Gasteiger partial charge on any atom is -0.402 e. The summed E-state index contributed by atoms with van der Waals surface area (Å²) >= 11 is 1.52. The highest BCUT2D eigenvalue weighted by Gasteiger charge is 2.27. The van der Waals surface area contributed by atoms with Crippen molar-refractivity contribution in [1.29, 1.82) is 0 Å². The highest BCUT2D eigenvalue weighted by molar-refractivity contribution is 7.89. The number of hydrogen-bond acceptors (Lipinski definition) is 6. The van der Waals surface area contributed by atoms with Crippen molar-refractivity contribution >= 4 is 39.3 Å². The fourth-order valence-electron chi connectivity index (χ4n) is 2.55. The lowest BCUT2D eigenvalue weighted by atomic mass is 10.2. The normalized spacial score (nSPS) is 16.2. The van der Waals surface area contributed by atoms with Crippen molar-refractivity contribution in [3.8, 4) is 0 Å². The summed E-state index contributed by atoms with van der Waals surface area (Å²) < 4.78 is 31.9. The van der Waals surface area contributed by atoms with Gasteiger partial charge in [0.15, 0.2) is 5.70 Å². The van der Waals surface area contributed by atoms with Gasteiger partial charge in [0, 0.05) is 18.7 Å². The molecule has 1 aliphatic heterocycles. The van der Waals surface area contributed by atoms with Gasteiger partial charge >= 0.3 is 5.97 Å². The lowest BCUT2D eigenvalue weighted by molar-refractivity contribution is -0.129. The first-order chi connectivity index (χ1) is 12.5. The van der Waals surface area contributed by atoms with Gasteiger partial charge in [-0.05, 0) is 46.7 Å². The number of rotatable bonds is 6. The van der Waals surface area contributed by atoms with E-state index >= 15 is 0 Å². The number of thiophene rings is 1. The Morgan fingerprint density at radius 2 is 2.00 bits per heavy atom. The van der Waals surface area contributed by atoms with E-state index in [1.807, 2.05) is 16.8 Å². The van der Waals surface area contributed by atoms with Gasteiger partial charge in [-0.1, -0.05) is 19.9 Å². The molecule has 0 bridgehead atoms. The monoisotopic (exact) mass is 390 g/mol. The number of aliphatic imine (C=N–C) groups is 1. The van der Waals surface area contributed by atoms with Crippen LogP contribution < -0.4 is 0 Å². The van der Waals surface area contributed by atoms with Crippen LogP contribution in [0.25, 0.3) is 6.08 Å². The van der Waals surface area contributed by atoms with E-state index < -0.39 is 16.0 Å². The number of ether oxygens (including phenoxy) is 1. The Kier molecular flexibility index (Phi) is 5.36. The van der Waals surface area contributed by atoms with Crippen LogP contribution in [0.1, 0.15) is 25.0 Å². The van der Waals surface area contributed by atoms with Gasteiger partial charge in [0.25, 0.3) is 0 Å². The van der Waals surface area contributed by atoms with Crippen LogP contribution in [-0.4, -0.2) is 37.7 Å². The zero-order valence-corrected chi connectivity index (χ0v) is 16.0. The highest BCUT2D eigenvalue weighted by atomic mass is 32.2. The summed E-state index contributed by atoms with van der Waals surface area (Å²) in [6.07, 6.45) is 1.64. The van der Waals surface area contributed by atoms with Gasteiger partial charge in [0.2, 0.25) is 15.9 Å². The maximum Gasteiger partial charge on any atom is 0.363 e. The number of esters is 1. The first kappa shape index (κ1) is 18.5. The number of carbonyl (C=O) groups is 1. The molecular formula is C18H18N2O4S2. The molecule has 0 N–H and O–H groups in total. The van der Waals surface area contributed by atoms with Gasteiger partial charge < -0.3 is 4.74 Å². The topological polar surface area (TPSA) is 76.0 Å². The van der Waals surface area contributed by atoms with Crippen LogP contribution in [0, 0.1) is 0 Å². The second kappa shape index (κ2) is 7.53. The number of carbonyl (C=O) groups excluding carboxylic acids is 1. The van der Waals surface area contributed by atoms with Gasteiger partial charge in [-0.25, -0.2) is 18.2 Å². The summed E-state index contributed by atoms with van der Waals surface area (Å²) in [6.45, 7) is 4.34. The van der Waals surface area contributed by atoms with Crippen LogP contribution in [0.15, 0.2) is 56.7 Å². The van der Waals surface area contributed by atoms with Crippen molar-refractivity contribution in [1.82, 2.24) is 4.31 Å². The predicted molar refractivity (Wildman–Crippen MR) is 101 cm³/mol. The zero-order chi connectivity index (χ0) is 18.7. The molecule has 2 heterocycles. The lowest BCUT2D eigenvalue weighted by Gasteiger charge is -2.18. The highest BCUT2D eigenvalue weighted by Crippen LogP contribution is 2.23. The Balaban J connectivity index is 1.95. The van der Waals surface area contributed by atoms with Crippen LogP contribution >= 0.6 is 11.3 Å². The molecule has 26 heavy (non-hydrogen) atoms. The van der Waals surface area contributed by atoms with E-state index in [1.165, 1.54) is 27.8 Å². The Labute approximate surface area is 156 Å². The van der Waals surface area contributed by atoms with Crippen molar-refractivity contribution in [3.63, 3.8) is 0 Å². The van der Waals surface area contributed by atoms with Gasteiger partial charge in [0.05, 0.1) is 4.90 Å². The molecule has 0 aliphatic carbocycles. The average Bonchev–Trinajstić information content (AvgIpc) is 3.27. The van der Waals surface area contributed by atoms with E-state index in [0.29, 0.717) is 18.7 Å². The molecule has 0 radical (unpaired) electrons. The molecule has 0 saturated heterocycles. The van der Waals surface area contributed by atoms with E-state index in [1.54, 1.807) is 32.1 Å². The third-order valence-corrected chi connectivity index (χ3v) is 6.64. The maximum atomic E-state index is 12.7. The number of hydrogen-bond donors (Lipinski definition) is 0. The molecule has 0 amide bonds. The Bertz CT molecular complexity index is 972. The maximum absolute atomic E-state index is 12.7. The molecule has 1 aromatic carbocycles. The van der Waals surface area contributed by atoms with Crippen LogP contribution in [0.4, 0.5) is 0 Å². The molecule has 0 fully saturated rings. The molecule has 6 nitrogen and oxygen atoms in total. The quantitative estimate of drug-likeness (QED) is 0.561. The summed E-state index contributed by atoms with van der Waals surface area (Å²) in [6, 6.07) is 8.16. The summed E-state index contributed by atoms with van der Waals surface area (Å²) in [5.41, 5.74) is 1.50. The molecule has 0 unspecified atom stereocenters. The summed E-state index contributed by atoms with van der Waals surface area (Å²) in [5, 5.41) is 3.80. The second-order valence-electron chi connectivity index (χ2n) is 5.51. The van der Waals surface area contributed by atoms with Gasteiger partial charge in [0.1, 0.15) is 0 Å². The molecule has 8 heteroatoms. The molecule has 1 aliphatic rings. The number of sulfonamides is 1. The van der Waals surface area contributed by atoms with Crippen molar-refractivity contribution in [2.24, 2.45) is 4.99 Å². The van der Waals surface area contributed by atoms with E-state index in [9.17, 15) is 13.2 Å². The molecule has 0 spiro atoms. The first-order valence-corrected chi connectivity index (χ1v) is 10.5. The van der Waals surface area contributed by atoms with Crippen LogP contribution in [0.3, 0.4) is 0 Å². The third kappa shape index (κ3) is 3.62. The van der Waals surface area contributed by atoms with E-state index in [4.69, 9.17) is 4.74 Å². The van der Waals surface area contributed by atoms with E-state index in [2.05, 4.69) is 4.99 Å². The Morgan fingerprint density at radius 3 is 2.65 bits per heavy atom. The third-order valence-electron chi connectivity index (χ3n) is 3.89. The molecular weight excluding hydrogens is 372 g/mol. The second-order valence-corrected chi connectivity index (χ2v) is 8.23. The fourth-order valence-corrected chi connectivity index (χ4v) is 4.67. The summed E-state index contributed by atoms with van der Waals surface area (Å²) in [7, 11) is -3.60. The van der Waals surface area contributed by atoms with Crippen LogP contribution in [0.5, 0.6) is 0 Å². The first-order valence-electron chi connectivity index (χ1n) is 8.11. The number of nitrogens with zero attached hydrogens (tertiary/aromatic N) is 2. The fraction of sp³-hybridized carbons (Fsp3) is 0.222. The Morgan fingerprint density at radius 1 is 1.23 bits per heavy atom. The molecule has 0 atom stereocenters.